The molecule has 4 rings (SSSR count). The molecule has 0 aromatic heterocycles. The summed E-state index contributed by atoms with van der Waals surface area (Å²) in [6.45, 7) is 5.06. The number of fused-ring (bicyclic) bond motifs is 1. The maximum absolute atomic E-state index is 13.4. The standard InChI is InChI=1S/C28H35N3O7S/c1-6-20-23(27(34)37-5)24(19-9-8-10-21(35-3)25(19)36-4)31-18(16-39-28(31)29-20)15-22(32)30-13-11-17(12-14-30)26(33)38-7-2/h8-10,16-17,24H,6-7,11-15H2,1-5H3/t24-/m1/s1. The van der Waals surface area contributed by atoms with Crippen molar-refractivity contribution in [1.82, 2.24) is 9.80 Å². The van der Waals surface area contributed by atoms with E-state index in [9.17, 15) is 14.4 Å². The van der Waals surface area contributed by atoms with Gasteiger partial charge in [0.25, 0.3) is 0 Å². The number of hydrogen-bond donors (Lipinski definition) is 0. The Balaban J connectivity index is 1.65. The van der Waals surface area contributed by atoms with E-state index in [4.69, 9.17) is 23.9 Å². The second kappa shape index (κ2) is 12.6. The molecular weight excluding hydrogens is 522 g/mol. The van der Waals surface area contributed by atoms with Crippen LogP contribution < -0.4 is 9.47 Å². The summed E-state index contributed by atoms with van der Waals surface area (Å²) in [5, 5.41) is 2.59. The third-order valence-electron chi connectivity index (χ3n) is 7.16. The van der Waals surface area contributed by atoms with Crippen LogP contribution in [0.25, 0.3) is 0 Å². The molecule has 1 aromatic carbocycles. The van der Waals surface area contributed by atoms with Gasteiger partial charge in [0.15, 0.2) is 16.7 Å². The molecule has 0 aliphatic carbocycles. The van der Waals surface area contributed by atoms with Gasteiger partial charge in [0.1, 0.15) is 0 Å². The molecule has 0 spiro atoms. The lowest BCUT2D eigenvalue weighted by atomic mass is 9.91. The molecule has 0 saturated carbocycles. The molecule has 210 valence electrons. The van der Waals surface area contributed by atoms with Crippen molar-refractivity contribution in [3.05, 3.63) is 46.1 Å². The number of amides is 1. The van der Waals surface area contributed by atoms with Gasteiger partial charge in [-0.1, -0.05) is 30.8 Å². The minimum atomic E-state index is -0.631. The average molecular weight is 558 g/mol. The van der Waals surface area contributed by atoms with E-state index in [1.807, 2.05) is 29.4 Å². The molecule has 1 atom stereocenters. The van der Waals surface area contributed by atoms with E-state index in [0.717, 1.165) is 5.70 Å². The first-order chi connectivity index (χ1) is 18.9. The highest BCUT2D eigenvalue weighted by molar-refractivity contribution is 8.16. The monoisotopic (exact) mass is 557 g/mol. The molecule has 3 aliphatic heterocycles. The van der Waals surface area contributed by atoms with Crippen LogP contribution in [-0.2, 0) is 23.9 Å². The van der Waals surface area contributed by atoms with Crippen molar-refractivity contribution in [3.8, 4) is 11.5 Å². The fourth-order valence-corrected chi connectivity index (χ4v) is 6.16. The van der Waals surface area contributed by atoms with Crippen molar-refractivity contribution in [2.75, 3.05) is 41.0 Å². The zero-order chi connectivity index (χ0) is 28.1. The van der Waals surface area contributed by atoms with Crippen LogP contribution >= 0.6 is 11.8 Å². The molecule has 3 aliphatic rings. The van der Waals surface area contributed by atoms with Crippen molar-refractivity contribution in [2.24, 2.45) is 10.9 Å². The zero-order valence-corrected chi connectivity index (χ0v) is 23.8. The highest BCUT2D eigenvalue weighted by Crippen LogP contribution is 2.49. The number of hydrogen-bond acceptors (Lipinski definition) is 10. The molecule has 3 heterocycles. The van der Waals surface area contributed by atoms with Gasteiger partial charge in [-0.25, -0.2) is 9.79 Å². The molecule has 1 saturated heterocycles. The van der Waals surface area contributed by atoms with Gasteiger partial charge >= 0.3 is 11.9 Å². The highest BCUT2D eigenvalue weighted by atomic mass is 32.2. The highest BCUT2D eigenvalue weighted by Gasteiger charge is 2.43. The van der Waals surface area contributed by atoms with Crippen molar-refractivity contribution < 1.29 is 33.3 Å². The summed E-state index contributed by atoms with van der Waals surface area (Å²) in [5.41, 5.74) is 2.44. The Morgan fingerprint density at radius 1 is 1.08 bits per heavy atom. The van der Waals surface area contributed by atoms with Gasteiger partial charge in [-0.2, -0.15) is 0 Å². The lowest BCUT2D eigenvalue weighted by Gasteiger charge is -2.38. The Kier molecular flexibility index (Phi) is 9.21. The minimum Gasteiger partial charge on any atom is -0.493 e. The topological polar surface area (TPSA) is 107 Å². The molecule has 10 nitrogen and oxygen atoms in total. The van der Waals surface area contributed by atoms with E-state index in [1.54, 1.807) is 32.1 Å². The number of esters is 2. The largest absolute Gasteiger partial charge is 0.493 e. The van der Waals surface area contributed by atoms with Crippen LogP contribution in [0.3, 0.4) is 0 Å². The predicted molar refractivity (Wildman–Crippen MR) is 147 cm³/mol. The third kappa shape index (κ3) is 5.63. The molecule has 0 radical (unpaired) electrons. The van der Waals surface area contributed by atoms with Crippen molar-refractivity contribution in [3.63, 3.8) is 0 Å². The molecular formula is C28H35N3O7S. The summed E-state index contributed by atoms with van der Waals surface area (Å²) < 4.78 is 21.7. The Morgan fingerprint density at radius 2 is 1.82 bits per heavy atom. The van der Waals surface area contributed by atoms with E-state index < -0.39 is 12.0 Å². The maximum atomic E-state index is 13.4. The van der Waals surface area contributed by atoms with Crippen molar-refractivity contribution in [2.45, 2.75) is 45.6 Å². The number of thioether (sulfide) groups is 1. The number of allylic oxidation sites excluding steroid dienone is 1. The lowest BCUT2D eigenvalue weighted by molar-refractivity contribution is -0.151. The summed E-state index contributed by atoms with van der Waals surface area (Å²) in [5.74, 6) is 0.101. The molecule has 1 amide bonds. The molecule has 1 aromatic rings. The van der Waals surface area contributed by atoms with Gasteiger partial charge in [0, 0.05) is 24.4 Å². The number of amidine groups is 1. The summed E-state index contributed by atoms with van der Waals surface area (Å²) in [4.78, 5) is 47.2. The van der Waals surface area contributed by atoms with Gasteiger partial charge in [-0.3, -0.25) is 9.59 Å². The van der Waals surface area contributed by atoms with E-state index in [0.29, 0.717) is 72.5 Å². The van der Waals surface area contributed by atoms with Gasteiger partial charge in [-0.05, 0) is 37.7 Å². The Bertz CT molecular complexity index is 1220. The quantitative estimate of drug-likeness (QED) is 0.416. The number of methoxy groups -OCH3 is 3. The SMILES string of the molecule is CCOC(=O)C1CCN(C(=O)CC2=CSC3=NC(CC)=C(C(=O)OC)[C@@H](c4cccc(OC)c4OC)N23)CC1. The summed E-state index contributed by atoms with van der Waals surface area (Å²) in [6, 6.07) is 4.89. The summed E-state index contributed by atoms with van der Waals surface area (Å²) in [7, 11) is 4.46. The molecule has 1 fully saturated rings. The van der Waals surface area contributed by atoms with E-state index >= 15 is 0 Å². The number of nitrogens with zero attached hydrogens (tertiary/aromatic N) is 3. The van der Waals surface area contributed by atoms with E-state index in [2.05, 4.69) is 0 Å². The number of likely N-dealkylation sites (tertiary alicyclic amines) is 1. The van der Waals surface area contributed by atoms with Crippen LogP contribution in [0.4, 0.5) is 0 Å². The number of rotatable bonds is 9. The van der Waals surface area contributed by atoms with Gasteiger partial charge in [0.2, 0.25) is 5.91 Å². The fraction of sp³-hybridized carbons (Fsp3) is 0.500. The molecule has 0 unspecified atom stereocenters. The number of ether oxygens (including phenoxy) is 4. The van der Waals surface area contributed by atoms with Crippen LogP contribution in [0.15, 0.2) is 45.6 Å². The first kappa shape index (κ1) is 28.5. The molecule has 39 heavy (non-hydrogen) atoms. The fourth-order valence-electron chi connectivity index (χ4n) is 5.23. The molecule has 11 heteroatoms. The Morgan fingerprint density at radius 3 is 2.44 bits per heavy atom. The maximum Gasteiger partial charge on any atom is 0.338 e. The average Bonchev–Trinajstić information content (AvgIpc) is 3.37. The number of benzene rings is 1. The van der Waals surface area contributed by atoms with Gasteiger partial charge in [0.05, 0.1) is 57.6 Å². The number of carbonyl (C=O) groups is 3. The normalized spacial score (nSPS) is 19.3. The predicted octanol–water partition coefficient (Wildman–Crippen LogP) is 4.03. The van der Waals surface area contributed by atoms with Crippen molar-refractivity contribution in [1.29, 1.82) is 0 Å². The summed E-state index contributed by atoms with van der Waals surface area (Å²) >= 11 is 1.42. The minimum absolute atomic E-state index is 0.0494. The van der Waals surface area contributed by atoms with Crippen molar-refractivity contribution >= 4 is 34.8 Å². The lowest BCUT2D eigenvalue weighted by Crippen LogP contribution is -2.42. The van der Waals surface area contributed by atoms with E-state index in [1.165, 1.54) is 18.9 Å². The van der Waals surface area contributed by atoms with Crippen LogP contribution in [-0.4, -0.2) is 73.8 Å². The number of carbonyl (C=O) groups excluding carboxylic acids is 3. The molecule has 0 N–H and O–H groups in total. The first-order valence-corrected chi connectivity index (χ1v) is 14.0. The van der Waals surface area contributed by atoms with Crippen LogP contribution in [0.1, 0.15) is 51.1 Å². The van der Waals surface area contributed by atoms with E-state index in [-0.39, 0.29) is 24.2 Å². The second-order valence-corrected chi connectivity index (χ2v) is 10.1. The van der Waals surface area contributed by atoms with Gasteiger partial charge in [-0.15, -0.1) is 0 Å². The van der Waals surface area contributed by atoms with Crippen LogP contribution in [0, 0.1) is 5.92 Å². The third-order valence-corrected chi connectivity index (χ3v) is 8.05. The summed E-state index contributed by atoms with van der Waals surface area (Å²) in [6.07, 6.45) is 1.80. The number of piperidine rings is 1. The second-order valence-electron chi connectivity index (χ2n) is 9.27. The number of para-hydroxylation sites is 1. The van der Waals surface area contributed by atoms with Gasteiger partial charge < -0.3 is 28.7 Å². The smallest absolute Gasteiger partial charge is 0.338 e. The first-order valence-electron chi connectivity index (χ1n) is 13.1. The van der Waals surface area contributed by atoms with Crippen LogP contribution in [0.2, 0.25) is 0 Å². The Hall–Kier alpha value is -3.47. The molecule has 0 bridgehead atoms. The zero-order valence-electron chi connectivity index (χ0n) is 23.0. The number of aliphatic imine (C=N–C) groups is 1. The van der Waals surface area contributed by atoms with Crippen LogP contribution in [0.5, 0.6) is 11.5 Å². The Labute approximate surface area is 233 Å².